The van der Waals surface area contributed by atoms with E-state index in [1.165, 1.54) is 0 Å². The van der Waals surface area contributed by atoms with E-state index >= 15 is 0 Å². The second kappa shape index (κ2) is 7.42. The highest BCUT2D eigenvalue weighted by Gasteiger charge is 2.77. The van der Waals surface area contributed by atoms with Crippen LogP contribution in [0, 0.1) is 0 Å². The van der Waals surface area contributed by atoms with Crippen LogP contribution in [0.1, 0.15) is 25.7 Å². The summed E-state index contributed by atoms with van der Waals surface area (Å²) >= 11 is -1.47. The number of carbonyl (C=O) groups is 1. The molecule has 0 aromatic rings. The molecule has 0 aromatic heterocycles. The Bertz CT molecular complexity index is 421. The molecule has 1 rings (SSSR count). The van der Waals surface area contributed by atoms with E-state index in [2.05, 4.69) is 14.1 Å². The summed E-state index contributed by atoms with van der Waals surface area (Å²) in [5, 5.41) is 16.5. The molecule has 0 bridgehead atoms. The second-order valence-electron chi connectivity index (χ2n) is 4.68. The van der Waals surface area contributed by atoms with Gasteiger partial charge in [0.25, 0.3) is 0 Å². The monoisotopic (exact) mass is 373 g/mol. The summed E-state index contributed by atoms with van der Waals surface area (Å²) in [6.45, 7) is 0. The van der Waals surface area contributed by atoms with Gasteiger partial charge in [0.1, 0.15) is 6.10 Å². The van der Waals surface area contributed by atoms with Gasteiger partial charge in [-0.05, 0) is 19.3 Å². The van der Waals surface area contributed by atoms with Gasteiger partial charge in [0.2, 0.25) is 0 Å². The quantitative estimate of drug-likeness (QED) is 0.249. The molecule has 136 valence electrons. The average Bonchev–Trinajstić information content (AvgIpc) is 2.45. The first-order valence-corrected chi connectivity index (χ1v) is 6.88. The molecule has 0 aromatic carbocycles. The summed E-state index contributed by atoms with van der Waals surface area (Å²) in [5.74, 6) is -8.90. The number of hydrogen-bond donors (Lipinski definition) is 1. The van der Waals surface area contributed by atoms with Gasteiger partial charge in [0.15, 0.2) is 0 Å². The van der Waals surface area contributed by atoms with Gasteiger partial charge in [-0.15, -0.1) is 0 Å². The van der Waals surface area contributed by atoms with Gasteiger partial charge in [-0.2, -0.15) is 26.3 Å². The number of esters is 1. The molecule has 1 fully saturated rings. The van der Waals surface area contributed by atoms with Crippen LogP contribution in [0.4, 0.5) is 26.3 Å². The number of aliphatic hydroxyl groups excluding tert-OH is 1. The first-order chi connectivity index (χ1) is 10.5. The second-order valence-corrected chi connectivity index (χ2v) is 5.55. The lowest BCUT2D eigenvalue weighted by atomic mass is 9.95. The molecule has 0 aliphatic heterocycles. The Kier molecular flexibility index (Phi) is 6.55. The summed E-state index contributed by atoms with van der Waals surface area (Å²) in [5.41, 5.74) is 0. The van der Waals surface area contributed by atoms with Gasteiger partial charge in [-0.1, -0.05) is 6.42 Å². The topological polar surface area (TPSA) is 88.1 Å². The predicted molar refractivity (Wildman–Crippen MR) is 59.0 cm³/mol. The maximum absolute atomic E-state index is 14.1. The Labute approximate surface area is 129 Å². The van der Waals surface area contributed by atoms with E-state index < -0.39 is 47.3 Å². The SMILES string of the molecule is O=C(OC1CCCCC1O)C(F)(SOO[O-])C(F)(F)C(F)(F)F. The van der Waals surface area contributed by atoms with E-state index in [1.54, 1.807) is 0 Å². The zero-order valence-electron chi connectivity index (χ0n) is 11.1. The van der Waals surface area contributed by atoms with E-state index in [1.807, 2.05) is 0 Å². The van der Waals surface area contributed by atoms with Crippen molar-refractivity contribution < 1.29 is 55.6 Å². The zero-order chi connectivity index (χ0) is 17.9. The Morgan fingerprint density at radius 3 is 2.17 bits per heavy atom. The number of rotatable bonds is 6. The number of ether oxygens (including phenoxy) is 1. The molecule has 3 unspecified atom stereocenters. The van der Waals surface area contributed by atoms with Crippen molar-refractivity contribution in [3.05, 3.63) is 0 Å². The third-order valence-corrected chi connectivity index (χ3v) is 3.90. The fourth-order valence-corrected chi connectivity index (χ4v) is 2.34. The highest BCUT2D eigenvalue weighted by Crippen LogP contribution is 2.52. The molecule has 1 N–H and O–H groups in total. The van der Waals surface area contributed by atoms with E-state index in [4.69, 9.17) is 0 Å². The summed E-state index contributed by atoms with van der Waals surface area (Å²) in [7, 11) is 0. The molecule has 23 heavy (non-hydrogen) atoms. The summed E-state index contributed by atoms with van der Waals surface area (Å²) in [6, 6.07) is 0. The highest BCUT2D eigenvalue weighted by atomic mass is 32.2. The van der Waals surface area contributed by atoms with Crippen LogP contribution in [0.25, 0.3) is 0 Å². The minimum atomic E-state index is -6.48. The van der Waals surface area contributed by atoms with Crippen molar-refractivity contribution in [2.45, 2.75) is 55.0 Å². The maximum atomic E-state index is 14.1. The molecule has 1 aliphatic carbocycles. The van der Waals surface area contributed by atoms with Crippen molar-refractivity contribution in [3.63, 3.8) is 0 Å². The van der Waals surface area contributed by atoms with Crippen LogP contribution in [0.2, 0.25) is 0 Å². The molecule has 0 radical (unpaired) electrons. The Hall–Kier alpha value is -0.760. The fourth-order valence-electron chi connectivity index (χ4n) is 1.89. The summed E-state index contributed by atoms with van der Waals surface area (Å²) < 4.78 is 85.1. The van der Waals surface area contributed by atoms with Crippen molar-refractivity contribution in [3.8, 4) is 0 Å². The number of carbonyl (C=O) groups excluding carboxylic acids is 1. The van der Waals surface area contributed by atoms with Gasteiger partial charge in [0.05, 0.1) is 18.1 Å². The van der Waals surface area contributed by atoms with Gasteiger partial charge >= 0.3 is 23.1 Å². The number of halogens is 6. The smallest absolute Gasteiger partial charge is 0.458 e. The minimum absolute atomic E-state index is 0.0514. The molecule has 0 heterocycles. The molecule has 6 nitrogen and oxygen atoms in total. The molecule has 0 amide bonds. The molecular formula is C10H11F6O6S-. The molecule has 0 saturated heterocycles. The first kappa shape index (κ1) is 20.3. The van der Waals surface area contributed by atoms with E-state index in [0.717, 1.165) is 0 Å². The largest absolute Gasteiger partial charge is 0.691 e. The van der Waals surface area contributed by atoms with Crippen LogP contribution in [0.3, 0.4) is 0 Å². The minimum Gasteiger partial charge on any atom is -0.691 e. The third kappa shape index (κ3) is 4.21. The van der Waals surface area contributed by atoms with Crippen molar-refractivity contribution in [2.24, 2.45) is 0 Å². The summed E-state index contributed by atoms with van der Waals surface area (Å²) in [6.07, 6.45) is -8.33. The van der Waals surface area contributed by atoms with Crippen molar-refractivity contribution in [1.82, 2.24) is 0 Å². The Morgan fingerprint density at radius 1 is 1.13 bits per heavy atom. The van der Waals surface area contributed by atoms with E-state index in [-0.39, 0.29) is 12.8 Å². The molecule has 13 heteroatoms. The van der Waals surface area contributed by atoms with Crippen LogP contribution < -0.4 is 5.26 Å². The molecular weight excluding hydrogens is 362 g/mol. The Morgan fingerprint density at radius 2 is 1.70 bits per heavy atom. The zero-order valence-corrected chi connectivity index (χ0v) is 12.0. The molecule has 1 saturated carbocycles. The van der Waals surface area contributed by atoms with Crippen LogP contribution in [-0.4, -0.2) is 40.4 Å². The number of aliphatic hydroxyl groups is 1. The predicted octanol–water partition coefficient (Wildman–Crippen LogP) is 1.57. The van der Waals surface area contributed by atoms with Gasteiger partial charge in [-0.25, -0.2) is 9.18 Å². The van der Waals surface area contributed by atoms with Crippen LogP contribution >= 0.6 is 12.0 Å². The van der Waals surface area contributed by atoms with Crippen molar-refractivity contribution in [2.75, 3.05) is 0 Å². The lowest BCUT2D eigenvalue weighted by molar-refractivity contribution is -0.777. The fraction of sp³-hybridized carbons (Fsp3) is 0.900. The van der Waals surface area contributed by atoms with Gasteiger partial charge < -0.3 is 15.1 Å². The molecule has 0 spiro atoms. The van der Waals surface area contributed by atoms with Crippen molar-refractivity contribution in [1.29, 1.82) is 0 Å². The molecule has 3 atom stereocenters. The first-order valence-electron chi connectivity index (χ1n) is 6.14. The standard InChI is InChI=1S/C10H12F6O6S/c11-8(23-22-21-19,9(12,13)10(14,15)16)7(18)20-6-4-2-1-3-5(6)17/h5-6,17,19H,1-4H2/p-1. The number of alkyl halides is 6. The highest BCUT2D eigenvalue weighted by molar-refractivity contribution is 7.96. The van der Waals surface area contributed by atoms with Crippen LogP contribution in [0.15, 0.2) is 0 Å². The van der Waals surface area contributed by atoms with Crippen LogP contribution in [-0.2, 0) is 18.9 Å². The number of hydrogen-bond acceptors (Lipinski definition) is 7. The maximum Gasteiger partial charge on any atom is 0.458 e. The molecule has 1 aliphatic rings. The van der Waals surface area contributed by atoms with E-state index in [0.29, 0.717) is 12.8 Å². The third-order valence-electron chi connectivity index (χ3n) is 3.13. The normalized spacial score (nSPS) is 25.7. The lowest BCUT2D eigenvalue weighted by Gasteiger charge is -2.34. The van der Waals surface area contributed by atoms with E-state index in [9.17, 15) is 41.5 Å². The lowest BCUT2D eigenvalue weighted by Crippen LogP contribution is -2.58. The Balaban J connectivity index is 3.02. The average molecular weight is 373 g/mol. The van der Waals surface area contributed by atoms with Crippen LogP contribution in [0.5, 0.6) is 0 Å². The van der Waals surface area contributed by atoms with Crippen molar-refractivity contribution >= 4 is 18.0 Å². The van der Waals surface area contributed by atoms with Gasteiger partial charge in [0, 0.05) is 0 Å². The summed E-state index contributed by atoms with van der Waals surface area (Å²) in [4.78, 5) is 11.5. The van der Waals surface area contributed by atoms with Gasteiger partial charge in [-0.3, -0.25) is 5.04 Å².